The third-order valence-electron chi connectivity index (χ3n) is 2.73. The van der Waals surface area contributed by atoms with Crippen molar-refractivity contribution in [3.8, 4) is 22.6 Å². The van der Waals surface area contributed by atoms with E-state index < -0.39 is 12.1 Å². The van der Waals surface area contributed by atoms with Crippen molar-refractivity contribution in [2.24, 2.45) is 0 Å². The highest BCUT2D eigenvalue weighted by atomic mass is 19.4. The molecular weight excluding hydrogens is 285 g/mol. The van der Waals surface area contributed by atoms with Crippen LogP contribution in [-0.4, -0.2) is 17.3 Å². The summed E-state index contributed by atoms with van der Waals surface area (Å²) in [6.07, 6.45) is -4.84. The van der Waals surface area contributed by atoms with E-state index in [0.29, 0.717) is 16.7 Å². The lowest BCUT2D eigenvalue weighted by molar-refractivity contribution is -0.274. The smallest absolute Gasteiger partial charge is 0.508 e. The number of phenolic OH excluding ortho intramolecular Hbond substituents is 1. The molecule has 6 heteroatoms. The number of hydrogen-bond acceptors (Lipinski definition) is 3. The molecule has 0 spiro atoms. The molecule has 0 fully saturated rings. The van der Waals surface area contributed by atoms with Crippen LogP contribution in [0.5, 0.6) is 11.5 Å². The largest absolute Gasteiger partial charge is 0.573 e. The van der Waals surface area contributed by atoms with Gasteiger partial charge in [0.05, 0.1) is 0 Å². The zero-order chi connectivity index (χ0) is 15.6. The molecule has 0 aromatic heterocycles. The lowest BCUT2D eigenvalue weighted by atomic mass is 10.0. The minimum atomic E-state index is -4.84. The van der Waals surface area contributed by atoms with Crippen molar-refractivity contribution >= 4 is 5.78 Å². The van der Waals surface area contributed by atoms with Crippen molar-refractivity contribution < 1.29 is 27.8 Å². The summed E-state index contributed by atoms with van der Waals surface area (Å²) in [6.45, 7) is 1.39. The molecule has 0 radical (unpaired) electrons. The standard InChI is InChI=1S/C15H11F3O3/c1-9(19)10-3-2-4-11(5-10)12-6-13(20)8-14(7-12)21-15(16,17)18/h2-8,20H,1H3. The van der Waals surface area contributed by atoms with Crippen LogP contribution in [-0.2, 0) is 0 Å². The van der Waals surface area contributed by atoms with Gasteiger partial charge in [0.15, 0.2) is 5.78 Å². The Hall–Kier alpha value is -2.50. The van der Waals surface area contributed by atoms with E-state index in [0.717, 1.165) is 12.1 Å². The molecule has 0 atom stereocenters. The van der Waals surface area contributed by atoms with Crippen molar-refractivity contribution in [3.05, 3.63) is 48.0 Å². The molecule has 3 nitrogen and oxygen atoms in total. The van der Waals surface area contributed by atoms with E-state index in [4.69, 9.17) is 0 Å². The van der Waals surface area contributed by atoms with Gasteiger partial charge >= 0.3 is 6.36 Å². The summed E-state index contributed by atoms with van der Waals surface area (Å²) in [5.74, 6) is -1.05. The Bertz CT molecular complexity index is 678. The number of phenols is 1. The van der Waals surface area contributed by atoms with Gasteiger partial charge in [0, 0.05) is 11.6 Å². The number of carbonyl (C=O) groups excluding carboxylic acids is 1. The summed E-state index contributed by atoms with van der Waals surface area (Å²) in [4.78, 5) is 11.3. The number of carbonyl (C=O) groups is 1. The number of halogens is 3. The van der Waals surface area contributed by atoms with Crippen molar-refractivity contribution in [3.63, 3.8) is 0 Å². The van der Waals surface area contributed by atoms with E-state index in [9.17, 15) is 23.1 Å². The molecule has 0 heterocycles. The second kappa shape index (κ2) is 5.47. The molecule has 1 N–H and O–H groups in total. The molecule has 0 aliphatic heterocycles. The van der Waals surface area contributed by atoms with Crippen LogP contribution in [0.4, 0.5) is 13.2 Å². The summed E-state index contributed by atoms with van der Waals surface area (Å²) in [6, 6.07) is 9.68. The second-order valence-electron chi connectivity index (χ2n) is 4.40. The van der Waals surface area contributed by atoms with E-state index >= 15 is 0 Å². The number of alkyl halides is 3. The van der Waals surface area contributed by atoms with Crippen LogP contribution in [0.2, 0.25) is 0 Å². The van der Waals surface area contributed by atoms with Gasteiger partial charge in [-0.2, -0.15) is 0 Å². The number of aromatic hydroxyl groups is 1. The van der Waals surface area contributed by atoms with Crippen LogP contribution in [0.1, 0.15) is 17.3 Å². The van der Waals surface area contributed by atoms with Gasteiger partial charge in [-0.1, -0.05) is 18.2 Å². The topological polar surface area (TPSA) is 46.5 Å². The molecule has 0 saturated heterocycles. The molecule has 2 aromatic carbocycles. The Morgan fingerprint density at radius 3 is 2.43 bits per heavy atom. The molecular formula is C15H11F3O3. The molecule has 0 aliphatic carbocycles. The lowest BCUT2D eigenvalue weighted by Crippen LogP contribution is -2.17. The minimum Gasteiger partial charge on any atom is -0.508 e. The first-order chi connectivity index (χ1) is 9.74. The van der Waals surface area contributed by atoms with Gasteiger partial charge in [-0.25, -0.2) is 0 Å². The first-order valence-corrected chi connectivity index (χ1v) is 5.96. The number of hydrogen-bond donors (Lipinski definition) is 1. The highest BCUT2D eigenvalue weighted by molar-refractivity contribution is 5.95. The fourth-order valence-electron chi connectivity index (χ4n) is 1.86. The van der Waals surface area contributed by atoms with E-state index in [1.807, 2.05) is 0 Å². The molecule has 2 aromatic rings. The Labute approximate surface area is 118 Å². The lowest BCUT2D eigenvalue weighted by Gasteiger charge is -2.11. The average Bonchev–Trinajstić information content (AvgIpc) is 2.36. The average molecular weight is 296 g/mol. The number of ether oxygens (including phenoxy) is 1. The summed E-state index contributed by atoms with van der Waals surface area (Å²) in [5, 5.41) is 9.52. The summed E-state index contributed by atoms with van der Waals surface area (Å²) in [5.41, 5.74) is 1.25. The summed E-state index contributed by atoms with van der Waals surface area (Å²) < 4.78 is 40.5. The molecule has 21 heavy (non-hydrogen) atoms. The van der Waals surface area contributed by atoms with Crippen molar-refractivity contribution in [2.45, 2.75) is 13.3 Å². The van der Waals surface area contributed by atoms with Crippen LogP contribution >= 0.6 is 0 Å². The number of Topliss-reactive ketones (excluding diaryl/α,β-unsaturated/α-hetero) is 1. The predicted molar refractivity (Wildman–Crippen MR) is 70.2 cm³/mol. The summed E-state index contributed by atoms with van der Waals surface area (Å²) in [7, 11) is 0. The monoisotopic (exact) mass is 296 g/mol. The minimum absolute atomic E-state index is 0.163. The molecule has 2 rings (SSSR count). The first kappa shape index (κ1) is 14.9. The number of benzene rings is 2. The van der Waals surface area contributed by atoms with Gasteiger partial charge in [0.25, 0.3) is 0 Å². The third-order valence-corrected chi connectivity index (χ3v) is 2.73. The van der Waals surface area contributed by atoms with Crippen LogP contribution in [0, 0.1) is 0 Å². The maximum absolute atomic E-state index is 12.2. The first-order valence-electron chi connectivity index (χ1n) is 5.96. The van der Waals surface area contributed by atoms with Gasteiger partial charge in [0.1, 0.15) is 11.5 Å². The highest BCUT2D eigenvalue weighted by Crippen LogP contribution is 2.32. The Morgan fingerprint density at radius 1 is 1.10 bits per heavy atom. The fraction of sp³-hybridized carbons (Fsp3) is 0.133. The Kier molecular flexibility index (Phi) is 3.88. The van der Waals surface area contributed by atoms with Gasteiger partial charge in [-0.15, -0.1) is 13.2 Å². The fourth-order valence-corrected chi connectivity index (χ4v) is 1.86. The van der Waals surface area contributed by atoms with E-state index in [2.05, 4.69) is 4.74 Å². The normalized spacial score (nSPS) is 11.2. The number of rotatable bonds is 3. The number of ketones is 1. The summed E-state index contributed by atoms with van der Waals surface area (Å²) >= 11 is 0. The second-order valence-corrected chi connectivity index (χ2v) is 4.40. The van der Waals surface area contributed by atoms with Gasteiger partial charge in [-0.3, -0.25) is 4.79 Å². The van der Waals surface area contributed by atoms with Gasteiger partial charge in [0.2, 0.25) is 0 Å². The highest BCUT2D eigenvalue weighted by Gasteiger charge is 2.31. The maximum atomic E-state index is 12.2. The predicted octanol–water partition coefficient (Wildman–Crippen LogP) is 4.16. The van der Waals surface area contributed by atoms with Crippen LogP contribution in [0.15, 0.2) is 42.5 Å². The van der Waals surface area contributed by atoms with E-state index in [1.165, 1.54) is 19.1 Å². The quantitative estimate of drug-likeness (QED) is 0.865. The van der Waals surface area contributed by atoms with Gasteiger partial charge < -0.3 is 9.84 Å². The van der Waals surface area contributed by atoms with Crippen molar-refractivity contribution in [1.82, 2.24) is 0 Å². The molecule has 0 saturated carbocycles. The van der Waals surface area contributed by atoms with E-state index in [1.54, 1.807) is 18.2 Å². The van der Waals surface area contributed by atoms with Crippen molar-refractivity contribution in [1.29, 1.82) is 0 Å². The molecule has 110 valence electrons. The maximum Gasteiger partial charge on any atom is 0.573 e. The van der Waals surface area contributed by atoms with Crippen LogP contribution in [0.3, 0.4) is 0 Å². The van der Waals surface area contributed by atoms with Crippen LogP contribution < -0.4 is 4.74 Å². The third kappa shape index (κ3) is 3.98. The molecule has 0 unspecified atom stereocenters. The van der Waals surface area contributed by atoms with E-state index in [-0.39, 0.29) is 11.5 Å². The Balaban J connectivity index is 2.44. The van der Waals surface area contributed by atoms with Crippen molar-refractivity contribution in [2.75, 3.05) is 0 Å². The zero-order valence-corrected chi connectivity index (χ0v) is 10.9. The SMILES string of the molecule is CC(=O)c1cccc(-c2cc(O)cc(OC(F)(F)F)c2)c1. The zero-order valence-electron chi connectivity index (χ0n) is 10.9. The molecule has 0 amide bonds. The Morgan fingerprint density at radius 2 is 1.81 bits per heavy atom. The molecule has 0 bridgehead atoms. The van der Waals surface area contributed by atoms with Crippen LogP contribution in [0.25, 0.3) is 11.1 Å². The van der Waals surface area contributed by atoms with Gasteiger partial charge in [-0.05, 0) is 36.2 Å². The molecule has 0 aliphatic rings.